The summed E-state index contributed by atoms with van der Waals surface area (Å²) in [6, 6.07) is 9.70. The van der Waals surface area contributed by atoms with E-state index in [-0.39, 0.29) is 0 Å². The third-order valence-electron chi connectivity index (χ3n) is 3.12. The highest BCUT2D eigenvalue weighted by Crippen LogP contribution is 2.28. The predicted molar refractivity (Wildman–Crippen MR) is 84.8 cm³/mol. The monoisotopic (exact) mass is 331 g/mol. The molecule has 0 amide bonds. The number of rotatable bonds is 4. The predicted octanol–water partition coefficient (Wildman–Crippen LogP) is 3.83. The second kappa shape index (κ2) is 5.54. The molecule has 0 atom stereocenters. The molecule has 0 spiro atoms. The van der Waals surface area contributed by atoms with Crippen LogP contribution in [-0.2, 0) is 6.42 Å². The van der Waals surface area contributed by atoms with Crippen LogP contribution in [0, 0.1) is 0 Å². The standard InChI is InChI=1S/C15H14BrN3O/c16-10-8-12-13(17)3-4-14(15(12)19-9-10)18-6-5-11-2-1-7-20-11/h1-4,7-9,18H,5-6,17H2. The molecule has 0 radical (unpaired) electrons. The number of pyridine rings is 1. The first-order valence-electron chi connectivity index (χ1n) is 6.34. The number of aromatic nitrogens is 1. The summed E-state index contributed by atoms with van der Waals surface area (Å²) in [7, 11) is 0. The van der Waals surface area contributed by atoms with E-state index in [1.807, 2.05) is 30.3 Å². The SMILES string of the molecule is Nc1ccc(NCCc2ccco2)c2ncc(Br)cc12. The van der Waals surface area contributed by atoms with Crippen LogP contribution in [0.4, 0.5) is 11.4 Å². The number of halogens is 1. The Kier molecular flexibility index (Phi) is 3.60. The van der Waals surface area contributed by atoms with Gasteiger partial charge in [0.25, 0.3) is 0 Å². The first-order valence-corrected chi connectivity index (χ1v) is 7.13. The second-order valence-corrected chi connectivity index (χ2v) is 5.42. The highest BCUT2D eigenvalue weighted by Gasteiger charge is 2.06. The summed E-state index contributed by atoms with van der Waals surface area (Å²) in [5.74, 6) is 0.966. The first-order chi connectivity index (χ1) is 9.74. The highest BCUT2D eigenvalue weighted by atomic mass is 79.9. The summed E-state index contributed by atoms with van der Waals surface area (Å²) in [6.45, 7) is 0.782. The van der Waals surface area contributed by atoms with Crippen molar-refractivity contribution in [1.29, 1.82) is 0 Å². The van der Waals surface area contributed by atoms with Crippen molar-refractivity contribution in [2.45, 2.75) is 6.42 Å². The van der Waals surface area contributed by atoms with Gasteiger partial charge in [0.2, 0.25) is 0 Å². The fraction of sp³-hybridized carbons (Fsp3) is 0.133. The zero-order valence-corrected chi connectivity index (χ0v) is 12.4. The third kappa shape index (κ3) is 2.63. The van der Waals surface area contributed by atoms with Gasteiger partial charge in [-0.3, -0.25) is 4.98 Å². The maximum atomic E-state index is 6.00. The molecule has 102 valence electrons. The molecule has 0 aliphatic carbocycles. The Morgan fingerprint density at radius 1 is 1.30 bits per heavy atom. The average Bonchev–Trinajstić information content (AvgIpc) is 2.95. The van der Waals surface area contributed by atoms with Gasteiger partial charge in [0.1, 0.15) is 5.76 Å². The summed E-state index contributed by atoms with van der Waals surface area (Å²) < 4.78 is 6.23. The first kappa shape index (κ1) is 13.0. The quantitative estimate of drug-likeness (QED) is 0.713. The van der Waals surface area contributed by atoms with Gasteiger partial charge in [0.15, 0.2) is 0 Å². The Morgan fingerprint density at radius 3 is 3.00 bits per heavy atom. The number of nitrogens with zero attached hydrogens (tertiary/aromatic N) is 1. The summed E-state index contributed by atoms with van der Waals surface area (Å²) in [6.07, 6.45) is 4.29. The Labute approximate surface area is 125 Å². The van der Waals surface area contributed by atoms with E-state index in [0.717, 1.165) is 45.5 Å². The summed E-state index contributed by atoms with van der Waals surface area (Å²) in [4.78, 5) is 4.44. The molecule has 3 aromatic rings. The molecule has 0 aliphatic rings. The molecule has 3 N–H and O–H groups in total. The van der Waals surface area contributed by atoms with Crippen molar-refractivity contribution in [3.63, 3.8) is 0 Å². The van der Waals surface area contributed by atoms with E-state index in [9.17, 15) is 0 Å². The van der Waals surface area contributed by atoms with Gasteiger partial charge in [-0.05, 0) is 46.3 Å². The number of nitrogens with one attached hydrogen (secondary N) is 1. The molecular formula is C15H14BrN3O. The zero-order chi connectivity index (χ0) is 13.9. The zero-order valence-electron chi connectivity index (χ0n) is 10.8. The lowest BCUT2D eigenvalue weighted by Crippen LogP contribution is -2.05. The number of anilines is 2. The molecule has 0 aliphatic heterocycles. The number of hydrogen-bond acceptors (Lipinski definition) is 4. The number of benzene rings is 1. The van der Waals surface area contributed by atoms with Crippen LogP contribution in [0.2, 0.25) is 0 Å². The molecule has 3 rings (SSSR count). The van der Waals surface area contributed by atoms with Gasteiger partial charge in [-0.25, -0.2) is 0 Å². The van der Waals surface area contributed by atoms with E-state index in [4.69, 9.17) is 10.2 Å². The molecule has 0 saturated carbocycles. The van der Waals surface area contributed by atoms with Crippen LogP contribution in [0.15, 0.2) is 51.7 Å². The lowest BCUT2D eigenvalue weighted by Gasteiger charge is -2.10. The van der Waals surface area contributed by atoms with Gasteiger partial charge >= 0.3 is 0 Å². The van der Waals surface area contributed by atoms with E-state index in [2.05, 4.69) is 26.2 Å². The lowest BCUT2D eigenvalue weighted by molar-refractivity contribution is 0.513. The number of furan rings is 1. The third-order valence-corrected chi connectivity index (χ3v) is 3.55. The van der Waals surface area contributed by atoms with E-state index >= 15 is 0 Å². The van der Waals surface area contributed by atoms with Crippen LogP contribution in [0.25, 0.3) is 10.9 Å². The number of nitrogen functional groups attached to an aromatic ring is 1. The molecule has 0 fully saturated rings. The minimum atomic E-state index is 0.727. The topological polar surface area (TPSA) is 64.1 Å². The molecular weight excluding hydrogens is 318 g/mol. The van der Waals surface area contributed by atoms with E-state index in [1.165, 1.54) is 0 Å². The van der Waals surface area contributed by atoms with Crippen molar-refractivity contribution >= 4 is 38.2 Å². The van der Waals surface area contributed by atoms with E-state index in [1.54, 1.807) is 12.5 Å². The molecule has 0 saturated heterocycles. The Balaban J connectivity index is 1.82. The minimum absolute atomic E-state index is 0.727. The van der Waals surface area contributed by atoms with Crippen LogP contribution in [0.1, 0.15) is 5.76 Å². The van der Waals surface area contributed by atoms with Crippen LogP contribution in [0.3, 0.4) is 0 Å². The van der Waals surface area contributed by atoms with Crippen LogP contribution in [-0.4, -0.2) is 11.5 Å². The van der Waals surface area contributed by atoms with Gasteiger partial charge < -0.3 is 15.5 Å². The summed E-state index contributed by atoms with van der Waals surface area (Å²) in [5.41, 5.74) is 8.59. The Bertz CT molecular complexity index is 725. The van der Waals surface area contributed by atoms with Crippen molar-refractivity contribution in [1.82, 2.24) is 4.98 Å². The van der Waals surface area contributed by atoms with E-state index in [0.29, 0.717) is 0 Å². The van der Waals surface area contributed by atoms with Gasteiger partial charge in [-0.1, -0.05) is 0 Å². The highest BCUT2D eigenvalue weighted by molar-refractivity contribution is 9.10. The fourth-order valence-electron chi connectivity index (χ4n) is 2.13. The van der Waals surface area contributed by atoms with Crippen molar-refractivity contribution in [3.8, 4) is 0 Å². The molecule has 1 aromatic carbocycles. The molecule has 2 heterocycles. The van der Waals surface area contributed by atoms with Gasteiger partial charge in [0.05, 0.1) is 17.5 Å². The lowest BCUT2D eigenvalue weighted by atomic mass is 10.1. The Morgan fingerprint density at radius 2 is 2.20 bits per heavy atom. The number of nitrogens with two attached hydrogens (primary N) is 1. The molecule has 5 heteroatoms. The normalized spacial score (nSPS) is 10.8. The number of fused-ring (bicyclic) bond motifs is 1. The smallest absolute Gasteiger partial charge is 0.105 e. The Hall–Kier alpha value is -2.01. The van der Waals surface area contributed by atoms with Crippen molar-refractivity contribution in [3.05, 3.63) is 53.0 Å². The van der Waals surface area contributed by atoms with Gasteiger partial charge in [0, 0.05) is 34.7 Å². The molecule has 2 aromatic heterocycles. The average molecular weight is 332 g/mol. The van der Waals surface area contributed by atoms with Crippen molar-refractivity contribution < 1.29 is 4.42 Å². The van der Waals surface area contributed by atoms with E-state index < -0.39 is 0 Å². The van der Waals surface area contributed by atoms with Gasteiger partial charge in [-0.2, -0.15) is 0 Å². The summed E-state index contributed by atoms with van der Waals surface area (Å²) in [5, 5.41) is 4.33. The molecule has 20 heavy (non-hydrogen) atoms. The molecule has 4 nitrogen and oxygen atoms in total. The second-order valence-electron chi connectivity index (χ2n) is 4.51. The maximum Gasteiger partial charge on any atom is 0.105 e. The van der Waals surface area contributed by atoms with Crippen LogP contribution < -0.4 is 11.1 Å². The van der Waals surface area contributed by atoms with Gasteiger partial charge in [-0.15, -0.1) is 0 Å². The summed E-state index contributed by atoms with van der Waals surface area (Å²) >= 11 is 3.42. The largest absolute Gasteiger partial charge is 0.469 e. The van der Waals surface area contributed by atoms with Crippen molar-refractivity contribution in [2.75, 3.05) is 17.6 Å². The maximum absolute atomic E-state index is 6.00. The molecule has 0 bridgehead atoms. The molecule has 0 unspecified atom stereocenters. The minimum Gasteiger partial charge on any atom is -0.469 e. The van der Waals surface area contributed by atoms with Crippen molar-refractivity contribution in [2.24, 2.45) is 0 Å². The fourth-order valence-corrected chi connectivity index (χ4v) is 2.46. The van der Waals surface area contributed by atoms with Crippen LogP contribution >= 0.6 is 15.9 Å². The number of hydrogen-bond donors (Lipinski definition) is 2. The van der Waals surface area contributed by atoms with Crippen LogP contribution in [0.5, 0.6) is 0 Å².